The van der Waals surface area contributed by atoms with Crippen molar-refractivity contribution in [3.05, 3.63) is 35.7 Å². The molecule has 0 unspecified atom stereocenters. The summed E-state index contributed by atoms with van der Waals surface area (Å²) in [6.45, 7) is 4.85. The predicted molar refractivity (Wildman–Crippen MR) is 106 cm³/mol. The van der Waals surface area contributed by atoms with Gasteiger partial charge in [-0.3, -0.25) is 14.2 Å². The van der Waals surface area contributed by atoms with E-state index in [-0.39, 0.29) is 11.9 Å². The summed E-state index contributed by atoms with van der Waals surface area (Å²) in [5, 5.41) is 12.8. The number of nitrogens with zero attached hydrogens (tertiary/aromatic N) is 7. The first kappa shape index (κ1) is 19.4. The van der Waals surface area contributed by atoms with E-state index in [1.54, 1.807) is 15.6 Å². The highest BCUT2D eigenvalue weighted by Crippen LogP contribution is 2.31. The Morgan fingerprint density at radius 3 is 2.76 bits per heavy atom. The van der Waals surface area contributed by atoms with Crippen molar-refractivity contribution in [2.45, 2.75) is 51.5 Å². The normalized spacial score (nSPS) is 17.7. The molecule has 1 aliphatic rings. The Labute approximate surface area is 169 Å². The molecular weight excluding hydrogens is 370 g/mol. The highest BCUT2D eigenvalue weighted by molar-refractivity contribution is 5.92. The minimum atomic E-state index is -0.219. The number of rotatable bonds is 4. The lowest BCUT2D eigenvalue weighted by Gasteiger charge is -2.27. The van der Waals surface area contributed by atoms with Crippen LogP contribution < -0.4 is 0 Å². The summed E-state index contributed by atoms with van der Waals surface area (Å²) >= 11 is 0. The first-order chi connectivity index (χ1) is 13.9. The fraction of sp³-hybridized carbons (Fsp3) is 0.550. The lowest BCUT2D eigenvalue weighted by Crippen LogP contribution is -2.35. The Hall–Kier alpha value is -2.97. The summed E-state index contributed by atoms with van der Waals surface area (Å²) in [6.07, 6.45) is 7.38. The summed E-state index contributed by atoms with van der Waals surface area (Å²) in [5.41, 5.74) is 2.28. The zero-order chi connectivity index (χ0) is 20.5. The summed E-state index contributed by atoms with van der Waals surface area (Å²) in [7, 11) is 3.72. The molecule has 1 fully saturated rings. The number of carbonyl (C=O) groups is 1. The van der Waals surface area contributed by atoms with E-state index in [2.05, 4.69) is 34.2 Å². The fourth-order valence-electron chi connectivity index (χ4n) is 3.91. The van der Waals surface area contributed by atoms with Gasteiger partial charge >= 0.3 is 0 Å². The number of carbonyl (C=O) groups excluding carboxylic acids is 1. The molecule has 1 amide bonds. The second-order valence-corrected chi connectivity index (χ2v) is 7.96. The van der Waals surface area contributed by atoms with Crippen LogP contribution in [0.25, 0.3) is 11.5 Å². The maximum atomic E-state index is 13.4. The fourth-order valence-corrected chi connectivity index (χ4v) is 3.91. The second kappa shape index (κ2) is 7.81. The molecule has 9 heteroatoms. The molecule has 0 aromatic carbocycles. The van der Waals surface area contributed by atoms with Crippen molar-refractivity contribution in [2.24, 2.45) is 14.1 Å². The number of amides is 1. The monoisotopic (exact) mass is 397 g/mol. The average molecular weight is 397 g/mol. The van der Waals surface area contributed by atoms with Gasteiger partial charge in [-0.1, -0.05) is 31.8 Å². The topological polar surface area (TPSA) is 94.9 Å². The zero-order valence-electron chi connectivity index (χ0n) is 17.4. The van der Waals surface area contributed by atoms with E-state index >= 15 is 0 Å². The zero-order valence-corrected chi connectivity index (χ0v) is 17.4. The van der Waals surface area contributed by atoms with Gasteiger partial charge in [0.25, 0.3) is 11.8 Å². The molecule has 9 nitrogen and oxygen atoms in total. The molecule has 0 spiro atoms. The lowest BCUT2D eigenvalue weighted by atomic mass is 10.1. The van der Waals surface area contributed by atoms with Crippen molar-refractivity contribution in [3.63, 3.8) is 0 Å². The Morgan fingerprint density at radius 2 is 2.07 bits per heavy atom. The number of aryl methyl sites for hydroxylation is 2. The quantitative estimate of drug-likeness (QED) is 0.671. The highest BCUT2D eigenvalue weighted by Gasteiger charge is 2.32. The van der Waals surface area contributed by atoms with Crippen molar-refractivity contribution in [3.8, 4) is 11.5 Å². The van der Waals surface area contributed by atoms with E-state index in [4.69, 9.17) is 4.52 Å². The van der Waals surface area contributed by atoms with Crippen LogP contribution in [0.15, 0.2) is 23.0 Å². The van der Waals surface area contributed by atoms with E-state index in [9.17, 15) is 4.79 Å². The molecule has 0 radical (unpaired) electrons. The highest BCUT2D eigenvalue weighted by atomic mass is 16.5. The predicted octanol–water partition coefficient (Wildman–Crippen LogP) is 3.08. The largest absolute Gasteiger partial charge is 0.334 e. The molecular formula is C20H27N7O2. The second-order valence-electron chi connectivity index (χ2n) is 7.96. The van der Waals surface area contributed by atoms with Crippen molar-refractivity contribution < 1.29 is 9.32 Å². The first-order valence-electron chi connectivity index (χ1n) is 10.1. The van der Waals surface area contributed by atoms with E-state index in [0.717, 1.165) is 36.9 Å². The van der Waals surface area contributed by atoms with Crippen molar-refractivity contribution in [1.29, 1.82) is 0 Å². The van der Waals surface area contributed by atoms with Gasteiger partial charge in [-0.25, -0.2) is 0 Å². The van der Waals surface area contributed by atoms with Crippen LogP contribution in [-0.2, 0) is 14.1 Å². The van der Waals surface area contributed by atoms with E-state index in [1.165, 1.54) is 0 Å². The van der Waals surface area contributed by atoms with E-state index in [1.807, 2.05) is 31.3 Å². The summed E-state index contributed by atoms with van der Waals surface area (Å²) in [6, 6.07) is 1.68. The van der Waals surface area contributed by atoms with Gasteiger partial charge in [-0.05, 0) is 24.8 Å². The van der Waals surface area contributed by atoms with Crippen molar-refractivity contribution in [1.82, 2.24) is 34.6 Å². The summed E-state index contributed by atoms with van der Waals surface area (Å²) in [5.74, 6) is 1.18. The van der Waals surface area contributed by atoms with Gasteiger partial charge in [0.1, 0.15) is 0 Å². The van der Waals surface area contributed by atoms with E-state index < -0.39 is 0 Å². The van der Waals surface area contributed by atoms with Gasteiger partial charge < -0.3 is 9.42 Å². The minimum absolute atomic E-state index is 0.0767. The molecule has 1 atom stereocenters. The van der Waals surface area contributed by atoms with Crippen LogP contribution in [-0.4, -0.2) is 47.1 Å². The van der Waals surface area contributed by atoms with Crippen LogP contribution in [0.5, 0.6) is 0 Å². The Bertz CT molecular complexity index is 1000. The van der Waals surface area contributed by atoms with Gasteiger partial charge in [0.05, 0.1) is 17.8 Å². The molecule has 3 aromatic heterocycles. The maximum absolute atomic E-state index is 13.4. The molecule has 0 N–H and O–H groups in total. The standard InChI is InChI=1S/C20H27N7O2/c1-13(2)17-10-15(23-26(17)4)20(28)27-9-7-5-6-8-16(27)18-22-19(29-24-18)14-11-21-25(3)12-14/h10-13,16H,5-9H2,1-4H3/t16-/m1/s1. The molecule has 154 valence electrons. The molecule has 3 aromatic rings. The number of likely N-dealkylation sites (tertiary alicyclic amines) is 1. The van der Waals surface area contributed by atoms with Crippen molar-refractivity contribution in [2.75, 3.05) is 6.54 Å². The Kier molecular flexibility index (Phi) is 5.21. The maximum Gasteiger partial charge on any atom is 0.274 e. The van der Waals surface area contributed by atoms with Crippen LogP contribution in [0.4, 0.5) is 0 Å². The average Bonchev–Trinajstić information content (AvgIpc) is 3.38. The molecule has 4 rings (SSSR count). The molecule has 0 aliphatic carbocycles. The molecule has 1 saturated heterocycles. The smallest absolute Gasteiger partial charge is 0.274 e. The van der Waals surface area contributed by atoms with Crippen LogP contribution in [0.3, 0.4) is 0 Å². The van der Waals surface area contributed by atoms with Gasteiger partial charge in [0.2, 0.25) is 0 Å². The first-order valence-corrected chi connectivity index (χ1v) is 10.1. The Balaban J connectivity index is 1.63. The van der Waals surface area contributed by atoms with Crippen LogP contribution in [0.2, 0.25) is 0 Å². The van der Waals surface area contributed by atoms with Crippen LogP contribution in [0.1, 0.15) is 73.5 Å². The Morgan fingerprint density at radius 1 is 1.24 bits per heavy atom. The third-order valence-corrected chi connectivity index (χ3v) is 5.43. The third-order valence-electron chi connectivity index (χ3n) is 5.43. The van der Waals surface area contributed by atoms with Gasteiger partial charge in [-0.15, -0.1) is 0 Å². The molecule has 0 bridgehead atoms. The SMILES string of the molecule is CC(C)c1cc(C(=O)N2CCCCC[C@@H]2c2noc(-c3cnn(C)c3)n2)nn1C. The van der Waals surface area contributed by atoms with Gasteiger partial charge in [-0.2, -0.15) is 15.2 Å². The summed E-state index contributed by atoms with van der Waals surface area (Å²) in [4.78, 5) is 19.8. The van der Waals surface area contributed by atoms with Gasteiger partial charge in [0, 0.05) is 32.5 Å². The molecule has 1 aliphatic heterocycles. The van der Waals surface area contributed by atoms with Gasteiger partial charge in [0.15, 0.2) is 11.5 Å². The molecule has 29 heavy (non-hydrogen) atoms. The molecule has 0 saturated carbocycles. The molecule has 4 heterocycles. The number of aromatic nitrogens is 6. The van der Waals surface area contributed by atoms with E-state index in [0.29, 0.717) is 29.9 Å². The lowest BCUT2D eigenvalue weighted by molar-refractivity contribution is 0.0663. The third kappa shape index (κ3) is 3.81. The van der Waals surface area contributed by atoms with Crippen LogP contribution >= 0.6 is 0 Å². The number of hydrogen-bond acceptors (Lipinski definition) is 6. The minimum Gasteiger partial charge on any atom is -0.334 e. The van der Waals surface area contributed by atoms with Crippen LogP contribution in [0, 0.1) is 0 Å². The summed E-state index contributed by atoms with van der Waals surface area (Å²) < 4.78 is 8.95. The number of hydrogen-bond donors (Lipinski definition) is 0. The van der Waals surface area contributed by atoms with Crippen molar-refractivity contribution >= 4 is 5.91 Å².